The number of amides is 1. The molecule has 0 saturated heterocycles. The van der Waals surface area contributed by atoms with Crippen molar-refractivity contribution in [1.82, 2.24) is 10.3 Å². The lowest BCUT2D eigenvalue weighted by Crippen LogP contribution is -2.47. The molecule has 0 fully saturated rings. The lowest BCUT2D eigenvalue weighted by molar-refractivity contribution is -0.145. The summed E-state index contributed by atoms with van der Waals surface area (Å²) in [6.45, 7) is 3.53. The first kappa shape index (κ1) is 25.5. The smallest absolute Gasteiger partial charge is 0.328 e. The van der Waals surface area contributed by atoms with Crippen molar-refractivity contribution < 1.29 is 19.1 Å². The molecule has 184 valence electrons. The summed E-state index contributed by atoms with van der Waals surface area (Å²) >= 11 is 4.68. The van der Waals surface area contributed by atoms with E-state index in [0.717, 1.165) is 56.7 Å². The Morgan fingerprint density at radius 2 is 2.03 bits per heavy atom. The number of ether oxygens (including phenoxy) is 1. The molecular formula is C27H29BrN2O4S. The Hall–Kier alpha value is -2.58. The Kier molecular flexibility index (Phi) is 8.02. The summed E-state index contributed by atoms with van der Waals surface area (Å²) in [4.78, 5) is 41.3. The van der Waals surface area contributed by atoms with Crippen molar-refractivity contribution in [2.75, 3.05) is 12.9 Å². The summed E-state index contributed by atoms with van der Waals surface area (Å²) in [7, 11) is 1.33. The van der Waals surface area contributed by atoms with E-state index in [1.807, 2.05) is 31.3 Å². The number of aromatic amines is 1. The SMILES string of the molecule is COC(=O)C(Cc1c[nH]c2cc(C)ccc12)NC(=O)C(CSC(C)=O)C1CCc2cc(Br)ccc21. The lowest BCUT2D eigenvalue weighted by atomic mass is 9.87. The molecule has 1 amide bonds. The summed E-state index contributed by atoms with van der Waals surface area (Å²) in [6.07, 6.45) is 3.89. The average molecular weight is 558 g/mol. The molecule has 3 atom stereocenters. The molecular weight excluding hydrogens is 528 g/mol. The van der Waals surface area contributed by atoms with Crippen molar-refractivity contribution in [2.24, 2.45) is 5.92 Å². The predicted octanol–water partition coefficient (Wildman–Crippen LogP) is 5.07. The third-order valence-electron chi connectivity index (χ3n) is 6.67. The van der Waals surface area contributed by atoms with Crippen LogP contribution in [0.1, 0.15) is 41.5 Å². The van der Waals surface area contributed by atoms with Gasteiger partial charge >= 0.3 is 5.97 Å². The minimum atomic E-state index is -0.830. The van der Waals surface area contributed by atoms with Gasteiger partial charge in [-0.15, -0.1) is 0 Å². The molecule has 2 aromatic carbocycles. The van der Waals surface area contributed by atoms with E-state index in [4.69, 9.17) is 4.74 Å². The number of hydrogen-bond donors (Lipinski definition) is 2. The molecule has 1 aromatic heterocycles. The average Bonchev–Trinajstić information content (AvgIpc) is 3.41. The molecule has 2 N–H and O–H groups in total. The quantitative estimate of drug-likeness (QED) is 0.378. The van der Waals surface area contributed by atoms with Gasteiger partial charge in [-0.25, -0.2) is 4.79 Å². The van der Waals surface area contributed by atoms with Gasteiger partial charge in [-0.1, -0.05) is 45.9 Å². The summed E-state index contributed by atoms with van der Waals surface area (Å²) in [5, 5.41) is 3.94. The Labute approximate surface area is 217 Å². The number of carbonyl (C=O) groups excluding carboxylic acids is 3. The van der Waals surface area contributed by atoms with Crippen LogP contribution < -0.4 is 5.32 Å². The summed E-state index contributed by atoms with van der Waals surface area (Å²) in [5.74, 6) is -0.816. The number of fused-ring (bicyclic) bond motifs is 2. The molecule has 6 nitrogen and oxygen atoms in total. The molecule has 1 aliphatic carbocycles. The summed E-state index contributed by atoms with van der Waals surface area (Å²) < 4.78 is 6.05. The number of benzene rings is 2. The van der Waals surface area contributed by atoms with E-state index >= 15 is 0 Å². The zero-order valence-corrected chi connectivity index (χ0v) is 22.4. The second-order valence-corrected chi connectivity index (χ2v) is 11.2. The van der Waals surface area contributed by atoms with Crippen molar-refractivity contribution in [2.45, 2.75) is 45.1 Å². The summed E-state index contributed by atoms with van der Waals surface area (Å²) in [5.41, 5.74) is 5.41. The van der Waals surface area contributed by atoms with Crippen molar-refractivity contribution in [1.29, 1.82) is 0 Å². The van der Waals surface area contributed by atoms with Gasteiger partial charge in [0.15, 0.2) is 5.12 Å². The molecule has 4 rings (SSSR count). The van der Waals surface area contributed by atoms with Crippen molar-refractivity contribution in [3.05, 3.63) is 69.3 Å². The van der Waals surface area contributed by atoms with E-state index in [-0.39, 0.29) is 16.9 Å². The molecule has 0 radical (unpaired) electrons. The molecule has 1 aliphatic rings. The van der Waals surface area contributed by atoms with Gasteiger partial charge in [0.1, 0.15) is 6.04 Å². The Bertz CT molecular complexity index is 1270. The van der Waals surface area contributed by atoms with Crippen LogP contribution in [-0.4, -0.2) is 40.9 Å². The number of methoxy groups -OCH3 is 1. The second kappa shape index (κ2) is 11.0. The second-order valence-electron chi connectivity index (χ2n) is 9.05. The zero-order chi connectivity index (χ0) is 25.1. The van der Waals surface area contributed by atoms with Crippen LogP contribution in [0.15, 0.2) is 47.1 Å². The molecule has 35 heavy (non-hydrogen) atoms. The van der Waals surface area contributed by atoms with Crippen LogP contribution in [0.25, 0.3) is 10.9 Å². The van der Waals surface area contributed by atoms with Gasteiger partial charge in [-0.05, 0) is 66.1 Å². The maximum atomic E-state index is 13.6. The standard InChI is InChI=1S/C27H29BrN2O4S/c1-15-4-7-21-18(13-29-24(21)10-15)12-25(27(33)34-3)30-26(32)23(14-35-16(2)31)22-8-5-17-11-19(28)6-9-20(17)22/h4,6-7,9-11,13,22-23,25,29H,5,8,12,14H2,1-3H3,(H,30,32). The molecule has 3 aromatic rings. The summed E-state index contributed by atoms with van der Waals surface area (Å²) in [6, 6.07) is 11.4. The first-order valence-electron chi connectivity index (χ1n) is 11.6. The number of hydrogen-bond acceptors (Lipinski definition) is 5. The van der Waals surface area contributed by atoms with Gasteiger partial charge in [0.2, 0.25) is 5.91 Å². The van der Waals surface area contributed by atoms with E-state index in [1.165, 1.54) is 19.6 Å². The Balaban J connectivity index is 1.58. The van der Waals surface area contributed by atoms with Crippen LogP contribution in [0.5, 0.6) is 0 Å². The number of esters is 1. The van der Waals surface area contributed by atoms with Crippen molar-refractivity contribution >= 4 is 55.6 Å². The minimum Gasteiger partial charge on any atom is -0.467 e. The molecule has 0 spiro atoms. The largest absolute Gasteiger partial charge is 0.467 e. The van der Waals surface area contributed by atoms with Gasteiger partial charge in [0.25, 0.3) is 0 Å². The minimum absolute atomic E-state index is 0.0145. The van der Waals surface area contributed by atoms with Crippen LogP contribution in [0.4, 0.5) is 0 Å². The van der Waals surface area contributed by atoms with Gasteiger partial charge in [-0.2, -0.15) is 0 Å². The number of aromatic nitrogens is 1. The van der Waals surface area contributed by atoms with Crippen LogP contribution >= 0.6 is 27.7 Å². The van der Waals surface area contributed by atoms with E-state index < -0.39 is 17.9 Å². The highest BCUT2D eigenvalue weighted by atomic mass is 79.9. The van der Waals surface area contributed by atoms with E-state index in [9.17, 15) is 14.4 Å². The Morgan fingerprint density at radius 1 is 1.23 bits per heavy atom. The number of carbonyl (C=O) groups is 3. The number of halogens is 1. The molecule has 1 heterocycles. The van der Waals surface area contributed by atoms with Crippen LogP contribution in [0, 0.1) is 12.8 Å². The highest BCUT2D eigenvalue weighted by Crippen LogP contribution is 2.41. The lowest BCUT2D eigenvalue weighted by Gasteiger charge is -2.26. The number of nitrogens with one attached hydrogen (secondary N) is 2. The highest BCUT2D eigenvalue weighted by Gasteiger charge is 2.36. The van der Waals surface area contributed by atoms with Crippen LogP contribution in [0.2, 0.25) is 0 Å². The fourth-order valence-corrected chi connectivity index (χ4v) is 6.13. The van der Waals surface area contributed by atoms with Gasteiger partial charge in [0, 0.05) is 40.7 Å². The van der Waals surface area contributed by atoms with Gasteiger partial charge in [-0.3, -0.25) is 9.59 Å². The van der Waals surface area contributed by atoms with E-state index in [0.29, 0.717) is 12.2 Å². The van der Waals surface area contributed by atoms with E-state index in [2.05, 4.69) is 44.4 Å². The van der Waals surface area contributed by atoms with Gasteiger partial charge in [0.05, 0.1) is 13.0 Å². The van der Waals surface area contributed by atoms with Crippen LogP contribution in [0.3, 0.4) is 0 Å². The van der Waals surface area contributed by atoms with Gasteiger partial charge < -0.3 is 15.0 Å². The molecule has 0 aliphatic heterocycles. The number of aryl methyl sites for hydroxylation is 2. The third kappa shape index (κ3) is 5.81. The monoisotopic (exact) mass is 556 g/mol. The number of thioether (sulfide) groups is 1. The van der Waals surface area contributed by atoms with Crippen LogP contribution in [-0.2, 0) is 32.0 Å². The normalized spacial score (nSPS) is 16.5. The number of H-pyrrole nitrogens is 1. The maximum Gasteiger partial charge on any atom is 0.328 e. The predicted molar refractivity (Wildman–Crippen MR) is 143 cm³/mol. The first-order valence-corrected chi connectivity index (χ1v) is 13.4. The fraction of sp³-hybridized carbons (Fsp3) is 0.370. The zero-order valence-electron chi connectivity index (χ0n) is 20.0. The van der Waals surface area contributed by atoms with E-state index in [1.54, 1.807) is 0 Å². The third-order valence-corrected chi connectivity index (χ3v) is 8.09. The molecule has 8 heteroatoms. The molecule has 0 saturated carbocycles. The number of rotatable bonds is 8. The fourth-order valence-electron chi connectivity index (χ4n) is 4.92. The maximum absolute atomic E-state index is 13.6. The molecule has 0 bridgehead atoms. The first-order chi connectivity index (χ1) is 16.8. The topological polar surface area (TPSA) is 88.3 Å². The van der Waals surface area contributed by atoms with Crippen molar-refractivity contribution in [3.8, 4) is 0 Å². The molecule has 3 unspecified atom stereocenters. The Morgan fingerprint density at radius 3 is 2.77 bits per heavy atom. The highest BCUT2D eigenvalue weighted by molar-refractivity contribution is 9.10. The van der Waals surface area contributed by atoms with Crippen molar-refractivity contribution in [3.63, 3.8) is 0 Å².